The van der Waals surface area contributed by atoms with Gasteiger partial charge in [0, 0.05) is 23.7 Å². The fourth-order valence-electron chi connectivity index (χ4n) is 3.04. The number of benzene rings is 1. The van der Waals surface area contributed by atoms with Crippen molar-refractivity contribution < 1.29 is 14.7 Å². The molecule has 2 saturated carbocycles. The molecule has 2 amide bonds. The number of amides is 2. The summed E-state index contributed by atoms with van der Waals surface area (Å²) in [6.07, 6.45) is 6.44. The van der Waals surface area contributed by atoms with Gasteiger partial charge in [-0.3, -0.25) is 4.79 Å². The molecule has 5 nitrogen and oxygen atoms in total. The summed E-state index contributed by atoms with van der Waals surface area (Å²) >= 11 is 0. The average Bonchev–Trinajstić information content (AvgIpc) is 2.44. The van der Waals surface area contributed by atoms with E-state index in [4.69, 9.17) is 0 Å². The second-order valence-corrected chi connectivity index (χ2v) is 6.78. The Hall–Kier alpha value is -1.88. The zero-order chi connectivity index (χ0) is 16.3. The molecule has 0 bridgehead atoms. The highest BCUT2D eigenvalue weighted by Crippen LogP contribution is 2.34. The molecule has 5 heteroatoms. The van der Waals surface area contributed by atoms with Crippen molar-refractivity contribution in [2.24, 2.45) is 5.92 Å². The Balaban J connectivity index is 1.43. The summed E-state index contributed by atoms with van der Waals surface area (Å²) in [6, 6.07) is 6.77. The summed E-state index contributed by atoms with van der Waals surface area (Å²) in [6.45, 7) is 0.459. The predicted octanol–water partition coefficient (Wildman–Crippen LogP) is 3.10. The van der Waals surface area contributed by atoms with E-state index < -0.39 is 5.60 Å². The highest BCUT2D eigenvalue weighted by atomic mass is 16.3. The van der Waals surface area contributed by atoms with Crippen molar-refractivity contribution in [2.75, 3.05) is 11.9 Å². The second-order valence-electron chi connectivity index (χ2n) is 6.78. The molecule has 0 aromatic heterocycles. The lowest BCUT2D eigenvalue weighted by atomic mass is 9.78. The molecule has 1 aromatic rings. The quantitative estimate of drug-likeness (QED) is 0.706. The lowest BCUT2D eigenvalue weighted by Crippen LogP contribution is -2.41. The van der Waals surface area contributed by atoms with Crippen LogP contribution in [0.3, 0.4) is 0 Å². The van der Waals surface area contributed by atoms with Gasteiger partial charge in [-0.25, -0.2) is 4.79 Å². The standard InChI is InChI=1S/C18H24N2O3/c21-16(13-3-1-4-13)14-5-7-15(8-6-14)20-17(22)19-12-11-18(23)9-2-10-18/h5-8,13,23H,1-4,9-12H2,(H2,19,20,22). The Morgan fingerprint density at radius 3 is 2.35 bits per heavy atom. The van der Waals surface area contributed by atoms with E-state index in [-0.39, 0.29) is 17.7 Å². The molecule has 2 aliphatic rings. The van der Waals surface area contributed by atoms with Crippen LogP contribution >= 0.6 is 0 Å². The van der Waals surface area contributed by atoms with Crippen molar-refractivity contribution in [3.05, 3.63) is 29.8 Å². The van der Waals surface area contributed by atoms with Gasteiger partial charge in [-0.15, -0.1) is 0 Å². The van der Waals surface area contributed by atoms with Crippen molar-refractivity contribution >= 4 is 17.5 Å². The molecule has 0 aliphatic heterocycles. The number of hydrogen-bond donors (Lipinski definition) is 3. The molecule has 23 heavy (non-hydrogen) atoms. The fraction of sp³-hybridized carbons (Fsp3) is 0.556. The highest BCUT2D eigenvalue weighted by molar-refractivity contribution is 5.99. The first kappa shape index (κ1) is 16.0. The smallest absolute Gasteiger partial charge is 0.319 e. The van der Waals surface area contributed by atoms with E-state index >= 15 is 0 Å². The number of carbonyl (C=O) groups excluding carboxylic acids is 2. The maximum absolute atomic E-state index is 12.1. The zero-order valence-electron chi connectivity index (χ0n) is 13.3. The Morgan fingerprint density at radius 2 is 1.83 bits per heavy atom. The van der Waals surface area contributed by atoms with E-state index in [0.717, 1.165) is 38.5 Å². The van der Waals surface area contributed by atoms with E-state index in [1.165, 1.54) is 0 Å². The fourth-order valence-corrected chi connectivity index (χ4v) is 3.04. The summed E-state index contributed by atoms with van der Waals surface area (Å²) < 4.78 is 0. The summed E-state index contributed by atoms with van der Waals surface area (Å²) in [4.78, 5) is 23.9. The van der Waals surface area contributed by atoms with Crippen molar-refractivity contribution in [1.29, 1.82) is 0 Å². The summed E-state index contributed by atoms with van der Waals surface area (Å²) in [7, 11) is 0. The Morgan fingerprint density at radius 1 is 1.13 bits per heavy atom. The van der Waals surface area contributed by atoms with Gasteiger partial charge in [-0.05, 0) is 62.8 Å². The minimum atomic E-state index is -0.573. The van der Waals surface area contributed by atoms with Crippen molar-refractivity contribution in [1.82, 2.24) is 5.32 Å². The van der Waals surface area contributed by atoms with Gasteiger partial charge in [0.15, 0.2) is 5.78 Å². The van der Waals surface area contributed by atoms with Crippen molar-refractivity contribution in [3.63, 3.8) is 0 Å². The SMILES string of the molecule is O=C(NCCC1(O)CCC1)Nc1ccc(C(=O)C2CCC2)cc1. The first-order chi connectivity index (χ1) is 11.1. The molecule has 0 atom stereocenters. The maximum Gasteiger partial charge on any atom is 0.319 e. The minimum absolute atomic E-state index is 0.189. The van der Waals surface area contributed by atoms with Crippen LogP contribution < -0.4 is 10.6 Å². The van der Waals surface area contributed by atoms with Gasteiger partial charge in [-0.1, -0.05) is 6.42 Å². The van der Waals surface area contributed by atoms with E-state index in [9.17, 15) is 14.7 Å². The molecule has 2 fully saturated rings. The molecule has 3 rings (SSSR count). The number of rotatable bonds is 6. The zero-order valence-corrected chi connectivity index (χ0v) is 13.3. The third-order valence-electron chi connectivity index (χ3n) is 5.06. The highest BCUT2D eigenvalue weighted by Gasteiger charge is 2.33. The van der Waals surface area contributed by atoms with Crippen LogP contribution in [0.4, 0.5) is 10.5 Å². The topological polar surface area (TPSA) is 78.4 Å². The number of Topliss-reactive ketones (excluding diaryl/α,β-unsaturated/α-hetero) is 1. The summed E-state index contributed by atoms with van der Waals surface area (Å²) in [5.74, 6) is 0.399. The van der Waals surface area contributed by atoms with Crippen LogP contribution in [-0.2, 0) is 0 Å². The summed E-state index contributed by atoms with van der Waals surface area (Å²) in [5.41, 5.74) is 0.805. The number of nitrogens with one attached hydrogen (secondary N) is 2. The normalized spacial score (nSPS) is 19.3. The van der Waals surface area contributed by atoms with Crippen molar-refractivity contribution in [2.45, 2.75) is 50.5 Å². The second kappa shape index (κ2) is 6.71. The average molecular weight is 316 g/mol. The number of aliphatic hydroxyl groups is 1. The van der Waals surface area contributed by atoms with Gasteiger partial charge in [0.1, 0.15) is 0 Å². The van der Waals surface area contributed by atoms with Crippen LogP contribution in [0.2, 0.25) is 0 Å². The predicted molar refractivity (Wildman–Crippen MR) is 88.6 cm³/mol. The first-order valence-corrected chi connectivity index (χ1v) is 8.47. The molecule has 0 heterocycles. The van der Waals surface area contributed by atoms with Gasteiger partial charge in [0.25, 0.3) is 0 Å². The lowest BCUT2D eigenvalue weighted by molar-refractivity contribution is -0.0388. The van der Waals surface area contributed by atoms with Gasteiger partial charge < -0.3 is 15.7 Å². The molecule has 0 saturated heterocycles. The van der Waals surface area contributed by atoms with Gasteiger partial charge in [0.05, 0.1) is 5.60 Å². The van der Waals surface area contributed by atoms with E-state index in [1.807, 2.05) is 0 Å². The number of hydrogen-bond acceptors (Lipinski definition) is 3. The molecular formula is C18H24N2O3. The van der Waals surface area contributed by atoms with Gasteiger partial charge in [0.2, 0.25) is 0 Å². The van der Waals surface area contributed by atoms with Crippen LogP contribution in [0, 0.1) is 5.92 Å². The molecule has 0 radical (unpaired) electrons. The molecule has 2 aliphatic carbocycles. The maximum atomic E-state index is 12.1. The first-order valence-electron chi connectivity index (χ1n) is 8.47. The largest absolute Gasteiger partial charge is 0.390 e. The van der Waals surface area contributed by atoms with Crippen LogP contribution in [0.5, 0.6) is 0 Å². The summed E-state index contributed by atoms with van der Waals surface area (Å²) in [5, 5.41) is 15.5. The monoisotopic (exact) mass is 316 g/mol. The number of ketones is 1. The number of urea groups is 1. The van der Waals surface area contributed by atoms with Gasteiger partial charge in [-0.2, -0.15) is 0 Å². The van der Waals surface area contributed by atoms with Crippen molar-refractivity contribution in [3.8, 4) is 0 Å². The van der Waals surface area contributed by atoms with E-state index in [2.05, 4.69) is 10.6 Å². The Labute approximate surface area is 136 Å². The molecule has 124 valence electrons. The third-order valence-corrected chi connectivity index (χ3v) is 5.06. The lowest BCUT2D eigenvalue weighted by Gasteiger charge is -2.36. The number of carbonyl (C=O) groups is 2. The van der Waals surface area contributed by atoms with Gasteiger partial charge >= 0.3 is 6.03 Å². The molecule has 1 aromatic carbocycles. The Kier molecular flexibility index (Phi) is 4.66. The Bertz CT molecular complexity index is 574. The molecule has 3 N–H and O–H groups in total. The molecule has 0 spiro atoms. The van der Waals surface area contributed by atoms with E-state index in [1.54, 1.807) is 24.3 Å². The number of anilines is 1. The molecular weight excluding hydrogens is 292 g/mol. The van der Waals surface area contributed by atoms with E-state index in [0.29, 0.717) is 24.2 Å². The third kappa shape index (κ3) is 3.91. The minimum Gasteiger partial charge on any atom is -0.390 e. The molecule has 0 unspecified atom stereocenters. The van der Waals surface area contributed by atoms with Crippen LogP contribution in [0.25, 0.3) is 0 Å². The van der Waals surface area contributed by atoms with Crippen LogP contribution in [0.1, 0.15) is 55.3 Å². The van der Waals surface area contributed by atoms with Crippen LogP contribution in [-0.4, -0.2) is 29.1 Å². The van der Waals surface area contributed by atoms with Crippen LogP contribution in [0.15, 0.2) is 24.3 Å².